The summed E-state index contributed by atoms with van der Waals surface area (Å²) >= 11 is 0. The minimum absolute atomic E-state index is 0. The summed E-state index contributed by atoms with van der Waals surface area (Å²) in [6.07, 6.45) is 9.17. The molecule has 5 nitrogen and oxygen atoms in total. The fraction of sp³-hybridized carbons (Fsp3) is 0.429. The first-order valence-corrected chi connectivity index (χ1v) is 10.9. The van der Waals surface area contributed by atoms with E-state index in [1.807, 2.05) is 0 Å². The third-order valence-corrected chi connectivity index (χ3v) is 5.27. The largest absolute Gasteiger partial charge is 1.00 e. The quantitative estimate of drug-likeness (QED) is 0.335. The standard InChI is InChI=1S/C21H28O5S.K/c1-2-3-4-5-6-7-8-10-17-13-14-18(22)15-21(17)26-19-11-9-12-20(16-19)27(23,24)25;/h9,11-16,22H,2-8,10H2,1H3,(H,23,24,25);/q;+1/p-1. The molecule has 1 N–H and O–H groups in total. The number of ether oxygens (including phenoxy) is 1. The minimum atomic E-state index is -4.30. The van der Waals surface area contributed by atoms with E-state index in [2.05, 4.69) is 6.92 Å². The number of hydrogen-bond donors (Lipinski definition) is 1. The van der Waals surface area contributed by atoms with Crippen molar-refractivity contribution in [2.75, 3.05) is 0 Å². The van der Waals surface area contributed by atoms with E-state index in [-0.39, 0.29) is 67.8 Å². The summed E-state index contributed by atoms with van der Waals surface area (Å²) < 4.78 is 37.5. The maximum Gasteiger partial charge on any atom is 1.00 e. The summed E-state index contributed by atoms with van der Waals surface area (Å²) in [6, 6.07) is 10.3. The molecule has 0 unspecified atom stereocenters. The van der Waals surface area contributed by atoms with Crippen LogP contribution in [0.2, 0.25) is 0 Å². The van der Waals surface area contributed by atoms with Gasteiger partial charge in [0.1, 0.15) is 11.5 Å². The summed E-state index contributed by atoms with van der Waals surface area (Å²) in [4.78, 5) is -0.244. The van der Waals surface area contributed by atoms with Crippen molar-refractivity contribution in [2.45, 2.75) is 63.2 Å². The van der Waals surface area contributed by atoms with Crippen LogP contribution in [0.3, 0.4) is 0 Å². The second kappa shape index (κ2) is 13.0. The van der Waals surface area contributed by atoms with E-state index in [1.54, 1.807) is 12.1 Å². The first-order chi connectivity index (χ1) is 12.9. The van der Waals surface area contributed by atoms with E-state index in [0.717, 1.165) is 24.8 Å². The molecular weight excluding hydrogens is 403 g/mol. The van der Waals surface area contributed by atoms with Crippen LogP contribution >= 0.6 is 0 Å². The van der Waals surface area contributed by atoms with Gasteiger partial charge in [-0.3, -0.25) is 4.55 Å². The second-order valence-electron chi connectivity index (χ2n) is 6.69. The molecule has 2 aromatic rings. The molecule has 0 saturated heterocycles. The Balaban J connectivity index is 0.00000392. The van der Waals surface area contributed by atoms with Crippen LogP contribution in [-0.2, 0) is 16.5 Å². The van der Waals surface area contributed by atoms with Gasteiger partial charge in [0.25, 0.3) is 10.1 Å². The maximum absolute atomic E-state index is 11.7. The van der Waals surface area contributed by atoms with Crippen LogP contribution in [0.1, 0.15) is 57.4 Å². The van der Waals surface area contributed by atoms with Crippen LogP contribution in [0, 0.1) is 0 Å². The SMILES string of the molecule is CCCCCCCCCc1ccc([O-])cc1Oc1cccc(S(=O)(=O)O)c1.[K+]. The van der Waals surface area contributed by atoms with Gasteiger partial charge in [0.05, 0.1) is 4.90 Å². The van der Waals surface area contributed by atoms with Crippen molar-refractivity contribution in [3.63, 3.8) is 0 Å². The molecule has 0 heterocycles. The molecule has 0 amide bonds. The number of aryl methyl sites for hydroxylation is 1. The Labute approximate surface area is 210 Å². The summed E-state index contributed by atoms with van der Waals surface area (Å²) in [5, 5.41) is 11.7. The molecular formula is C21H27KO5S. The van der Waals surface area contributed by atoms with Crippen LogP contribution in [0.15, 0.2) is 47.4 Å². The van der Waals surface area contributed by atoms with Crippen molar-refractivity contribution in [1.82, 2.24) is 0 Å². The summed E-state index contributed by atoms with van der Waals surface area (Å²) in [7, 11) is -4.30. The third kappa shape index (κ3) is 8.94. The van der Waals surface area contributed by atoms with E-state index in [0.29, 0.717) is 5.75 Å². The first-order valence-electron chi connectivity index (χ1n) is 9.45. The molecule has 0 aliphatic carbocycles. The van der Waals surface area contributed by atoms with Gasteiger partial charge in [-0.25, -0.2) is 0 Å². The van der Waals surface area contributed by atoms with Gasteiger partial charge in [-0.05, 0) is 36.6 Å². The topological polar surface area (TPSA) is 86.7 Å². The second-order valence-corrected chi connectivity index (χ2v) is 8.11. The van der Waals surface area contributed by atoms with Gasteiger partial charge in [0.15, 0.2) is 0 Å². The van der Waals surface area contributed by atoms with Crippen LogP contribution in [0.5, 0.6) is 17.2 Å². The van der Waals surface area contributed by atoms with Crippen molar-refractivity contribution in [2.24, 2.45) is 0 Å². The number of hydrogen-bond acceptors (Lipinski definition) is 4. The molecule has 0 atom stereocenters. The van der Waals surface area contributed by atoms with Gasteiger partial charge in [0.2, 0.25) is 0 Å². The number of rotatable bonds is 11. The summed E-state index contributed by atoms with van der Waals surface area (Å²) in [5.74, 6) is 0.525. The van der Waals surface area contributed by atoms with Crippen LogP contribution in [0.4, 0.5) is 0 Å². The van der Waals surface area contributed by atoms with Gasteiger partial charge in [-0.2, -0.15) is 8.42 Å². The molecule has 0 radical (unpaired) electrons. The van der Waals surface area contributed by atoms with Crippen LogP contribution in [0.25, 0.3) is 0 Å². The molecule has 2 rings (SSSR count). The number of unbranched alkanes of at least 4 members (excludes halogenated alkanes) is 6. The van der Waals surface area contributed by atoms with Crippen LogP contribution in [-0.4, -0.2) is 13.0 Å². The minimum Gasteiger partial charge on any atom is -0.872 e. The van der Waals surface area contributed by atoms with E-state index in [4.69, 9.17) is 9.29 Å². The normalized spacial score (nSPS) is 11.1. The molecule has 0 spiro atoms. The molecule has 0 bridgehead atoms. The van der Waals surface area contributed by atoms with Gasteiger partial charge >= 0.3 is 51.4 Å². The van der Waals surface area contributed by atoms with Crippen molar-refractivity contribution >= 4 is 10.1 Å². The predicted octanol–water partition coefficient (Wildman–Crippen LogP) is 2.10. The smallest absolute Gasteiger partial charge is 0.872 e. The fourth-order valence-electron chi connectivity index (χ4n) is 2.93. The van der Waals surface area contributed by atoms with E-state index in [1.165, 1.54) is 62.4 Å². The summed E-state index contributed by atoms with van der Waals surface area (Å²) in [6.45, 7) is 2.20. The Hall–Kier alpha value is -0.414. The zero-order valence-corrected chi connectivity index (χ0v) is 20.6. The zero-order valence-electron chi connectivity index (χ0n) is 16.7. The molecule has 7 heteroatoms. The molecule has 148 valence electrons. The van der Waals surface area contributed by atoms with Crippen molar-refractivity contribution < 1.29 is 74.2 Å². The van der Waals surface area contributed by atoms with Crippen LogP contribution < -0.4 is 61.2 Å². The fourth-order valence-corrected chi connectivity index (χ4v) is 3.45. The molecule has 0 saturated carbocycles. The zero-order chi connectivity index (χ0) is 19.7. The van der Waals surface area contributed by atoms with E-state index in [9.17, 15) is 13.5 Å². The molecule has 0 fully saturated rings. The van der Waals surface area contributed by atoms with E-state index < -0.39 is 10.1 Å². The first kappa shape index (κ1) is 25.6. The average Bonchev–Trinajstić information content (AvgIpc) is 2.62. The molecule has 2 aromatic carbocycles. The third-order valence-electron chi connectivity index (χ3n) is 4.42. The Morgan fingerprint density at radius 1 is 0.964 bits per heavy atom. The van der Waals surface area contributed by atoms with Gasteiger partial charge < -0.3 is 9.84 Å². The Morgan fingerprint density at radius 2 is 1.64 bits per heavy atom. The van der Waals surface area contributed by atoms with Crippen molar-refractivity contribution in [1.29, 1.82) is 0 Å². The van der Waals surface area contributed by atoms with Gasteiger partial charge in [-0.15, -0.1) is 5.75 Å². The average molecular weight is 431 g/mol. The van der Waals surface area contributed by atoms with Gasteiger partial charge in [0, 0.05) is 6.07 Å². The molecule has 0 aromatic heterocycles. The summed E-state index contributed by atoms with van der Waals surface area (Å²) in [5.41, 5.74) is 0.917. The molecule has 28 heavy (non-hydrogen) atoms. The van der Waals surface area contributed by atoms with Gasteiger partial charge in [-0.1, -0.05) is 63.6 Å². The Bertz CT molecular complexity index is 836. The van der Waals surface area contributed by atoms with Crippen molar-refractivity contribution in [3.8, 4) is 17.2 Å². The monoisotopic (exact) mass is 430 g/mol. The molecule has 0 aliphatic rings. The van der Waals surface area contributed by atoms with E-state index >= 15 is 0 Å². The van der Waals surface area contributed by atoms with Crippen molar-refractivity contribution in [3.05, 3.63) is 48.0 Å². The Morgan fingerprint density at radius 3 is 2.32 bits per heavy atom. The predicted molar refractivity (Wildman–Crippen MR) is 104 cm³/mol. The Kier molecular flexibility index (Phi) is 11.9. The maximum atomic E-state index is 11.7. The molecule has 0 aliphatic heterocycles. The number of benzene rings is 2.